The molecule has 130 valence electrons. The molecule has 2 atom stereocenters. The van der Waals surface area contributed by atoms with E-state index in [-0.39, 0.29) is 5.56 Å². The Bertz CT molecular complexity index is 921. The standard InChI is InChI=1S/C20H23N3OS/c1-13-8-14(2)11-23(10-13)12-18-21-19(24)16-9-17(25-20(16)22-18)15-6-4-3-5-7-15/h3-7,9,13-14H,8,10-12H2,1-2H3,(H,21,22,24). The van der Waals surface area contributed by atoms with Gasteiger partial charge in [0, 0.05) is 18.0 Å². The van der Waals surface area contributed by atoms with Gasteiger partial charge in [-0.25, -0.2) is 4.98 Å². The van der Waals surface area contributed by atoms with Crippen LogP contribution in [0.3, 0.4) is 0 Å². The van der Waals surface area contributed by atoms with Crippen LogP contribution in [-0.2, 0) is 6.54 Å². The molecule has 1 aliphatic rings. The van der Waals surface area contributed by atoms with E-state index in [2.05, 4.69) is 35.9 Å². The van der Waals surface area contributed by atoms with Crippen LogP contribution in [-0.4, -0.2) is 28.0 Å². The molecule has 1 saturated heterocycles. The average molecular weight is 353 g/mol. The molecule has 25 heavy (non-hydrogen) atoms. The molecule has 2 aromatic heterocycles. The van der Waals surface area contributed by atoms with Gasteiger partial charge in [-0.3, -0.25) is 9.69 Å². The number of aromatic amines is 1. The van der Waals surface area contributed by atoms with Crippen LogP contribution in [0.2, 0.25) is 0 Å². The molecule has 1 aromatic carbocycles. The van der Waals surface area contributed by atoms with E-state index in [0.29, 0.717) is 17.2 Å². The van der Waals surface area contributed by atoms with Crippen LogP contribution in [0.4, 0.5) is 0 Å². The molecular formula is C20H23N3OS. The number of nitrogens with one attached hydrogen (secondary N) is 1. The Morgan fingerprint density at radius 2 is 1.92 bits per heavy atom. The van der Waals surface area contributed by atoms with Crippen molar-refractivity contribution >= 4 is 21.6 Å². The van der Waals surface area contributed by atoms with Gasteiger partial charge in [0.25, 0.3) is 5.56 Å². The molecule has 0 bridgehead atoms. The molecule has 0 amide bonds. The van der Waals surface area contributed by atoms with Crippen molar-refractivity contribution in [1.82, 2.24) is 14.9 Å². The van der Waals surface area contributed by atoms with Crippen molar-refractivity contribution in [3.8, 4) is 10.4 Å². The van der Waals surface area contributed by atoms with Crippen molar-refractivity contribution in [1.29, 1.82) is 0 Å². The lowest BCUT2D eigenvalue weighted by Gasteiger charge is -2.34. The van der Waals surface area contributed by atoms with Crippen molar-refractivity contribution in [2.45, 2.75) is 26.8 Å². The monoisotopic (exact) mass is 353 g/mol. The minimum atomic E-state index is -0.0310. The maximum Gasteiger partial charge on any atom is 0.259 e. The molecule has 2 unspecified atom stereocenters. The first kappa shape index (κ1) is 16.5. The minimum absolute atomic E-state index is 0.0310. The second-order valence-electron chi connectivity index (χ2n) is 7.35. The fourth-order valence-electron chi connectivity index (χ4n) is 3.93. The number of hydrogen-bond acceptors (Lipinski definition) is 4. The highest BCUT2D eigenvalue weighted by atomic mass is 32.1. The molecule has 1 aliphatic heterocycles. The Kier molecular flexibility index (Phi) is 4.44. The quantitative estimate of drug-likeness (QED) is 0.770. The van der Waals surface area contributed by atoms with Gasteiger partial charge in [0.15, 0.2) is 0 Å². The summed E-state index contributed by atoms with van der Waals surface area (Å²) >= 11 is 1.59. The summed E-state index contributed by atoms with van der Waals surface area (Å²) < 4.78 is 0. The molecule has 3 heterocycles. The van der Waals surface area contributed by atoms with Gasteiger partial charge in [-0.1, -0.05) is 44.2 Å². The highest BCUT2D eigenvalue weighted by molar-refractivity contribution is 7.21. The lowest BCUT2D eigenvalue weighted by molar-refractivity contribution is 0.131. The normalized spacial score (nSPS) is 21.7. The molecule has 0 saturated carbocycles. The van der Waals surface area contributed by atoms with E-state index in [1.165, 1.54) is 6.42 Å². The number of likely N-dealkylation sites (tertiary alicyclic amines) is 1. The van der Waals surface area contributed by atoms with E-state index in [4.69, 9.17) is 4.98 Å². The van der Waals surface area contributed by atoms with Crippen LogP contribution >= 0.6 is 11.3 Å². The van der Waals surface area contributed by atoms with Gasteiger partial charge in [-0.2, -0.15) is 0 Å². The molecule has 3 aromatic rings. The largest absolute Gasteiger partial charge is 0.309 e. The summed E-state index contributed by atoms with van der Waals surface area (Å²) in [6, 6.07) is 12.1. The van der Waals surface area contributed by atoms with E-state index < -0.39 is 0 Å². The zero-order valence-electron chi connectivity index (χ0n) is 14.7. The number of nitrogens with zero attached hydrogens (tertiary/aromatic N) is 2. The summed E-state index contributed by atoms with van der Waals surface area (Å²) in [6.45, 7) is 7.47. The fourth-order valence-corrected chi connectivity index (χ4v) is 4.98. The topological polar surface area (TPSA) is 49.0 Å². The van der Waals surface area contributed by atoms with Crippen LogP contribution in [0.1, 0.15) is 26.1 Å². The summed E-state index contributed by atoms with van der Waals surface area (Å²) in [7, 11) is 0. The van der Waals surface area contributed by atoms with Crippen LogP contribution < -0.4 is 5.56 Å². The number of benzene rings is 1. The van der Waals surface area contributed by atoms with Crippen LogP contribution in [0.25, 0.3) is 20.7 Å². The number of fused-ring (bicyclic) bond motifs is 1. The van der Waals surface area contributed by atoms with E-state index >= 15 is 0 Å². The lowest BCUT2D eigenvalue weighted by Crippen LogP contribution is -2.38. The van der Waals surface area contributed by atoms with Gasteiger partial charge in [-0.05, 0) is 29.9 Å². The van der Waals surface area contributed by atoms with Gasteiger partial charge in [0.1, 0.15) is 10.7 Å². The van der Waals surface area contributed by atoms with Crippen LogP contribution in [0, 0.1) is 11.8 Å². The number of aromatic nitrogens is 2. The fraction of sp³-hybridized carbons (Fsp3) is 0.400. The summed E-state index contributed by atoms with van der Waals surface area (Å²) in [5.74, 6) is 2.18. The number of thiophene rings is 1. The highest BCUT2D eigenvalue weighted by Crippen LogP contribution is 2.31. The highest BCUT2D eigenvalue weighted by Gasteiger charge is 2.22. The lowest BCUT2D eigenvalue weighted by atomic mass is 9.92. The molecule has 5 heteroatoms. The molecule has 0 spiro atoms. The summed E-state index contributed by atoms with van der Waals surface area (Å²) in [4.78, 5) is 24.6. The van der Waals surface area contributed by atoms with Gasteiger partial charge >= 0.3 is 0 Å². The summed E-state index contributed by atoms with van der Waals surface area (Å²) in [5.41, 5.74) is 1.10. The number of piperidine rings is 1. The first-order valence-electron chi connectivity index (χ1n) is 8.89. The van der Waals surface area contributed by atoms with Crippen LogP contribution in [0.15, 0.2) is 41.2 Å². The first-order chi connectivity index (χ1) is 12.1. The number of H-pyrrole nitrogens is 1. The van der Waals surface area contributed by atoms with Crippen molar-refractivity contribution in [3.63, 3.8) is 0 Å². The van der Waals surface area contributed by atoms with Crippen molar-refractivity contribution in [2.24, 2.45) is 11.8 Å². The van der Waals surface area contributed by atoms with Gasteiger partial charge in [-0.15, -0.1) is 11.3 Å². The number of hydrogen-bond donors (Lipinski definition) is 1. The molecule has 4 rings (SSSR count). The summed E-state index contributed by atoms with van der Waals surface area (Å²) in [6.07, 6.45) is 1.28. The third-order valence-corrected chi connectivity index (χ3v) is 5.91. The Hall–Kier alpha value is -1.98. The maximum atomic E-state index is 12.5. The Morgan fingerprint density at radius 3 is 2.64 bits per heavy atom. The second-order valence-corrected chi connectivity index (χ2v) is 8.38. The molecule has 1 N–H and O–H groups in total. The van der Waals surface area contributed by atoms with Crippen molar-refractivity contribution < 1.29 is 0 Å². The molecule has 0 radical (unpaired) electrons. The third-order valence-electron chi connectivity index (χ3n) is 4.83. The Morgan fingerprint density at radius 1 is 1.20 bits per heavy atom. The Balaban J connectivity index is 1.64. The summed E-state index contributed by atoms with van der Waals surface area (Å²) in [5, 5.41) is 0.688. The second kappa shape index (κ2) is 6.73. The number of rotatable bonds is 3. The van der Waals surface area contributed by atoms with E-state index in [9.17, 15) is 4.79 Å². The minimum Gasteiger partial charge on any atom is -0.309 e. The predicted octanol–water partition coefficient (Wildman–Crippen LogP) is 4.13. The average Bonchev–Trinajstić information content (AvgIpc) is 2.99. The first-order valence-corrected chi connectivity index (χ1v) is 9.70. The van der Waals surface area contributed by atoms with Gasteiger partial charge in [0.2, 0.25) is 0 Å². The maximum absolute atomic E-state index is 12.5. The zero-order valence-corrected chi connectivity index (χ0v) is 15.5. The van der Waals surface area contributed by atoms with E-state index in [1.54, 1.807) is 11.3 Å². The van der Waals surface area contributed by atoms with E-state index in [0.717, 1.165) is 40.7 Å². The van der Waals surface area contributed by atoms with Gasteiger partial charge in [0.05, 0.1) is 11.9 Å². The van der Waals surface area contributed by atoms with E-state index in [1.807, 2.05) is 24.3 Å². The van der Waals surface area contributed by atoms with Crippen molar-refractivity contribution in [3.05, 3.63) is 52.6 Å². The van der Waals surface area contributed by atoms with Crippen LogP contribution in [0.5, 0.6) is 0 Å². The Labute approximate surface area is 151 Å². The van der Waals surface area contributed by atoms with Crippen molar-refractivity contribution in [2.75, 3.05) is 13.1 Å². The molecule has 4 nitrogen and oxygen atoms in total. The molecule has 1 fully saturated rings. The zero-order chi connectivity index (χ0) is 17.4. The smallest absolute Gasteiger partial charge is 0.259 e. The SMILES string of the molecule is CC1CC(C)CN(Cc2nc3sc(-c4ccccc4)cc3c(=O)[nH]2)C1. The molecule has 0 aliphatic carbocycles. The molecular weight excluding hydrogens is 330 g/mol. The van der Waals surface area contributed by atoms with Gasteiger partial charge < -0.3 is 4.98 Å². The third kappa shape index (κ3) is 3.53. The predicted molar refractivity (Wildman–Crippen MR) is 104 cm³/mol.